The van der Waals surface area contributed by atoms with Gasteiger partial charge in [-0.25, -0.2) is 4.79 Å². The Bertz CT molecular complexity index is 238. The van der Waals surface area contributed by atoms with Gasteiger partial charge in [0.1, 0.15) is 0 Å². The summed E-state index contributed by atoms with van der Waals surface area (Å²) in [6.45, 7) is 0.786. The van der Waals surface area contributed by atoms with Crippen molar-refractivity contribution in [1.29, 1.82) is 0 Å². The third kappa shape index (κ3) is 3.49. The Kier molecular flexibility index (Phi) is 4.51. The third-order valence-electron chi connectivity index (χ3n) is 2.32. The molecular weight excluding hydrogens is 200 g/mol. The Morgan fingerprint density at radius 1 is 1.67 bits per heavy atom. The van der Waals surface area contributed by atoms with Gasteiger partial charge in [-0.3, -0.25) is 4.79 Å². The first-order chi connectivity index (χ1) is 7.15. The molecule has 6 nitrogen and oxygen atoms in total. The molecule has 0 saturated carbocycles. The molecule has 1 amide bonds. The van der Waals surface area contributed by atoms with E-state index in [2.05, 4.69) is 10.6 Å². The average Bonchev–Trinajstić information content (AvgIpc) is 2.69. The molecule has 6 heteroatoms. The fraction of sp³-hybridized carbons (Fsp3) is 0.778. The van der Waals surface area contributed by atoms with Crippen LogP contribution < -0.4 is 10.6 Å². The van der Waals surface area contributed by atoms with Crippen LogP contribution in [-0.2, 0) is 14.3 Å². The SMILES string of the molecule is COCC(NC(=O)C1CCCN1)C(=O)O. The summed E-state index contributed by atoms with van der Waals surface area (Å²) in [6, 6.07) is -1.23. The molecule has 2 unspecified atom stereocenters. The number of hydrogen-bond donors (Lipinski definition) is 3. The maximum absolute atomic E-state index is 11.5. The van der Waals surface area contributed by atoms with Crippen LogP contribution >= 0.6 is 0 Å². The van der Waals surface area contributed by atoms with Crippen molar-refractivity contribution in [2.24, 2.45) is 0 Å². The molecule has 86 valence electrons. The van der Waals surface area contributed by atoms with Crippen LogP contribution in [0.4, 0.5) is 0 Å². The van der Waals surface area contributed by atoms with E-state index in [-0.39, 0.29) is 18.6 Å². The number of hydrogen-bond acceptors (Lipinski definition) is 4. The molecule has 1 heterocycles. The van der Waals surface area contributed by atoms with E-state index in [1.807, 2.05) is 0 Å². The van der Waals surface area contributed by atoms with E-state index >= 15 is 0 Å². The van der Waals surface area contributed by atoms with E-state index < -0.39 is 12.0 Å². The molecule has 1 saturated heterocycles. The van der Waals surface area contributed by atoms with Crippen LogP contribution in [0.2, 0.25) is 0 Å². The van der Waals surface area contributed by atoms with Crippen LogP contribution in [0.5, 0.6) is 0 Å². The number of carboxylic acids is 1. The number of amides is 1. The number of ether oxygens (including phenoxy) is 1. The van der Waals surface area contributed by atoms with Crippen molar-refractivity contribution >= 4 is 11.9 Å². The normalized spacial score (nSPS) is 22.3. The van der Waals surface area contributed by atoms with Crippen molar-refractivity contribution in [2.75, 3.05) is 20.3 Å². The zero-order valence-corrected chi connectivity index (χ0v) is 8.66. The average molecular weight is 216 g/mol. The van der Waals surface area contributed by atoms with Crippen LogP contribution in [0.1, 0.15) is 12.8 Å². The Morgan fingerprint density at radius 2 is 2.40 bits per heavy atom. The number of nitrogens with one attached hydrogen (secondary N) is 2. The fourth-order valence-corrected chi connectivity index (χ4v) is 1.52. The topological polar surface area (TPSA) is 87.7 Å². The standard InChI is InChI=1S/C9H16N2O4/c1-15-5-7(9(13)14)11-8(12)6-3-2-4-10-6/h6-7,10H,2-5H2,1H3,(H,11,12)(H,13,14). The van der Waals surface area contributed by atoms with E-state index in [0.717, 1.165) is 19.4 Å². The van der Waals surface area contributed by atoms with E-state index in [4.69, 9.17) is 9.84 Å². The van der Waals surface area contributed by atoms with Crippen molar-refractivity contribution in [1.82, 2.24) is 10.6 Å². The summed E-state index contributed by atoms with van der Waals surface area (Å²) in [7, 11) is 1.40. The van der Waals surface area contributed by atoms with Gasteiger partial charge in [-0.1, -0.05) is 0 Å². The van der Waals surface area contributed by atoms with Gasteiger partial charge in [-0.2, -0.15) is 0 Å². The van der Waals surface area contributed by atoms with Crippen molar-refractivity contribution in [3.63, 3.8) is 0 Å². The zero-order chi connectivity index (χ0) is 11.3. The highest BCUT2D eigenvalue weighted by Crippen LogP contribution is 2.04. The van der Waals surface area contributed by atoms with Gasteiger partial charge in [-0.05, 0) is 19.4 Å². The highest BCUT2D eigenvalue weighted by atomic mass is 16.5. The molecule has 0 radical (unpaired) electrons. The summed E-state index contributed by atoms with van der Waals surface area (Å²) >= 11 is 0. The summed E-state index contributed by atoms with van der Waals surface area (Å²) in [4.78, 5) is 22.3. The van der Waals surface area contributed by atoms with Gasteiger partial charge in [0.25, 0.3) is 0 Å². The summed E-state index contributed by atoms with van der Waals surface area (Å²) < 4.78 is 4.71. The zero-order valence-electron chi connectivity index (χ0n) is 8.66. The lowest BCUT2D eigenvalue weighted by molar-refractivity contribution is -0.143. The lowest BCUT2D eigenvalue weighted by Gasteiger charge is -2.16. The van der Waals surface area contributed by atoms with Gasteiger partial charge >= 0.3 is 5.97 Å². The van der Waals surface area contributed by atoms with Gasteiger partial charge in [0.05, 0.1) is 12.6 Å². The van der Waals surface area contributed by atoms with Crippen molar-refractivity contribution < 1.29 is 19.4 Å². The highest BCUT2D eigenvalue weighted by Gasteiger charge is 2.26. The van der Waals surface area contributed by atoms with Crippen molar-refractivity contribution in [3.05, 3.63) is 0 Å². The van der Waals surface area contributed by atoms with Gasteiger partial charge in [0.2, 0.25) is 5.91 Å². The molecule has 0 aromatic rings. The molecule has 15 heavy (non-hydrogen) atoms. The molecular formula is C9H16N2O4. The van der Waals surface area contributed by atoms with Crippen molar-refractivity contribution in [2.45, 2.75) is 24.9 Å². The van der Waals surface area contributed by atoms with E-state index in [1.54, 1.807) is 0 Å². The van der Waals surface area contributed by atoms with Crippen molar-refractivity contribution in [3.8, 4) is 0 Å². The molecule has 1 fully saturated rings. The minimum atomic E-state index is -1.08. The summed E-state index contributed by atoms with van der Waals surface area (Å²) in [6.07, 6.45) is 1.70. The molecule has 1 aliphatic rings. The minimum Gasteiger partial charge on any atom is -0.480 e. The number of rotatable bonds is 5. The van der Waals surface area contributed by atoms with Crippen LogP contribution in [0.3, 0.4) is 0 Å². The smallest absolute Gasteiger partial charge is 0.328 e. The van der Waals surface area contributed by atoms with Crippen LogP contribution in [0, 0.1) is 0 Å². The quantitative estimate of drug-likeness (QED) is 0.546. The molecule has 3 N–H and O–H groups in total. The second kappa shape index (κ2) is 5.67. The van der Waals surface area contributed by atoms with E-state index in [0.29, 0.717) is 0 Å². The maximum atomic E-state index is 11.5. The first-order valence-corrected chi connectivity index (χ1v) is 4.90. The molecule has 1 aliphatic heterocycles. The number of carboxylic acid groups (broad SMARTS) is 1. The first-order valence-electron chi connectivity index (χ1n) is 4.90. The monoisotopic (exact) mass is 216 g/mol. The largest absolute Gasteiger partial charge is 0.480 e. The number of aliphatic carboxylic acids is 1. The second-order valence-corrected chi connectivity index (χ2v) is 3.50. The van der Waals surface area contributed by atoms with Crippen LogP contribution in [0.15, 0.2) is 0 Å². The summed E-state index contributed by atoms with van der Waals surface area (Å²) in [5.74, 6) is -1.35. The fourth-order valence-electron chi connectivity index (χ4n) is 1.52. The van der Waals surface area contributed by atoms with E-state index in [1.165, 1.54) is 7.11 Å². The minimum absolute atomic E-state index is 0.0200. The van der Waals surface area contributed by atoms with Gasteiger partial charge in [0, 0.05) is 7.11 Å². The van der Waals surface area contributed by atoms with Crippen LogP contribution in [-0.4, -0.2) is 49.3 Å². The predicted molar refractivity (Wildman–Crippen MR) is 52.5 cm³/mol. The Balaban J connectivity index is 2.42. The number of carbonyl (C=O) groups excluding carboxylic acids is 1. The van der Waals surface area contributed by atoms with Gasteiger partial charge < -0.3 is 20.5 Å². The summed E-state index contributed by atoms with van der Waals surface area (Å²) in [5.41, 5.74) is 0. The molecule has 0 aliphatic carbocycles. The maximum Gasteiger partial charge on any atom is 0.328 e. The molecule has 0 aromatic heterocycles. The molecule has 0 bridgehead atoms. The van der Waals surface area contributed by atoms with Gasteiger partial charge in [0.15, 0.2) is 6.04 Å². The Labute approximate surface area is 88.0 Å². The lowest BCUT2D eigenvalue weighted by atomic mass is 10.2. The van der Waals surface area contributed by atoms with Gasteiger partial charge in [-0.15, -0.1) is 0 Å². The second-order valence-electron chi connectivity index (χ2n) is 3.50. The number of carbonyl (C=O) groups is 2. The predicted octanol–water partition coefficient (Wildman–Crippen LogP) is -1.05. The molecule has 0 spiro atoms. The Morgan fingerprint density at radius 3 is 2.87 bits per heavy atom. The lowest BCUT2D eigenvalue weighted by Crippen LogP contribution is -2.50. The Hall–Kier alpha value is -1.14. The molecule has 0 aromatic carbocycles. The molecule has 2 atom stereocenters. The number of methoxy groups -OCH3 is 1. The summed E-state index contributed by atoms with van der Waals surface area (Å²) in [5, 5.41) is 14.2. The third-order valence-corrected chi connectivity index (χ3v) is 2.32. The van der Waals surface area contributed by atoms with Crippen LogP contribution in [0.25, 0.3) is 0 Å². The first kappa shape index (κ1) is 11.9. The molecule has 1 rings (SSSR count). The van der Waals surface area contributed by atoms with E-state index in [9.17, 15) is 9.59 Å². The highest BCUT2D eigenvalue weighted by molar-refractivity contribution is 5.87.